The molecule has 126 valence electrons. The van der Waals surface area contributed by atoms with Gasteiger partial charge >= 0.3 is 0 Å². The Morgan fingerprint density at radius 1 is 1.04 bits per heavy atom. The zero-order valence-electron chi connectivity index (χ0n) is 13.6. The van der Waals surface area contributed by atoms with Gasteiger partial charge in [0.2, 0.25) is 6.79 Å². The second kappa shape index (κ2) is 5.69. The second-order valence-corrected chi connectivity index (χ2v) is 6.80. The Kier molecular flexibility index (Phi) is 3.63. The summed E-state index contributed by atoms with van der Waals surface area (Å²) < 4.78 is 39.7. The van der Waals surface area contributed by atoms with Crippen molar-refractivity contribution in [1.82, 2.24) is 0 Å². The van der Waals surface area contributed by atoms with Crippen LogP contribution in [0.4, 0.5) is 8.78 Å². The van der Waals surface area contributed by atoms with Crippen molar-refractivity contribution < 1.29 is 17.6 Å². The molecule has 1 saturated carbocycles. The highest BCUT2D eigenvalue weighted by atomic mass is 19.1. The summed E-state index contributed by atoms with van der Waals surface area (Å²) in [5.74, 6) is 0.588. The van der Waals surface area contributed by atoms with Crippen molar-refractivity contribution in [2.24, 2.45) is 11.8 Å². The minimum Gasteiger partial charge on any atom is -0.554 e. The van der Waals surface area contributed by atoms with Crippen LogP contribution < -0.4 is 10.8 Å². The maximum absolute atomic E-state index is 15.0. The molecule has 24 heavy (non-hydrogen) atoms. The number of carbonyl (C=O) groups excluding carboxylic acids is 1. The molecule has 3 aliphatic rings. The summed E-state index contributed by atoms with van der Waals surface area (Å²) >= 11 is 0. The largest absolute Gasteiger partial charge is 0.554 e. The van der Waals surface area contributed by atoms with E-state index in [9.17, 15) is 4.39 Å². The summed E-state index contributed by atoms with van der Waals surface area (Å²) in [6.45, 7) is 5.46. The molecule has 4 rings (SSSR count). The lowest BCUT2D eigenvalue weighted by atomic mass is 9.75. The molecule has 0 spiro atoms. The van der Waals surface area contributed by atoms with Crippen molar-refractivity contribution in [2.75, 3.05) is 0 Å². The number of hydrogen-bond acceptors (Lipinski definition) is 1. The van der Waals surface area contributed by atoms with Gasteiger partial charge in [0.05, 0.1) is 11.2 Å². The molecule has 1 aromatic rings. The zero-order valence-corrected chi connectivity index (χ0v) is 13.6. The Morgan fingerprint density at radius 3 is 2.33 bits per heavy atom. The van der Waals surface area contributed by atoms with Crippen LogP contribution in [-0.4, -0.2) is 6.79 Å². The highest BCUT2D eigenvalue weighted by Gasteiger charge is 2.26. The molecule has 0 unspecified atom stereocenters. The van der Waals surface area contributed by atoms with Crippen LogP contribution in [0.1, 0.15) is 43.7 Å². The first kappa shape index (κ1) is 15.3. The Labute approximate surface area is 139 Å². The lowest BCUT2D eigenvalue weighted by Crippen LogP contribution is -2.23. The average Bonchev–Trinajstić information content (AvgIpc) is 2.97. The van der Waals surface area contributed by atoms with Gasteiger partial charge in [0.1, 0.15) is 0 Å². The van der Waals surface area contributed by atoms with Crippen LogP contribution in [0.15, 0.2) is 16.6 Å². The second-order valence-electron chi connectivity index (χ2n) is 6.80. The normalized spacial score (nSPS) is 25.8. The summed E-state index contributed by atoms with van der Waals surface area (Å²) in [5.41, 5.74) is 1.27. The van der Waals surface area contributed by atoms with Crippen LogP contribution in [0, 0.1) is 23.9 Å². The van der Waals surface area contributed by atoms with Crippen LogP contribution in [0.2, 0.25) is 0 Å². The molecule has 0 amide bonds. The average molecular weight is 329 g/mol. The van der Waals surface area contributed by atoms with E-state index in [1.165, 1.54) is 6.08 Å². The van der Waals surface area contributed by atoms with E-state index in [1.54, 1.807) is 6.08 Å². The van der Waals surface area contributed by atoms with Crippen LogP contribution in [-0.2, 0) is 4.42 Å². The van der Waals surface area contributed by atoms with Gasteiger partial charge in [-0.15, -0.1) is 12.0 Å². The summed E-state index contributed by atoms with van der Waals surface area (Å²) in [6.07, 6.45) is 11.0. The molecule has 0 N–H and O–H groups in total. The van der Waals surface area contributed by atoms with Gasteiger partial charge in [-0.05, 0) is 12.0 Å². The molecule has 3 aliphatic carbocycles. The van der Waals surface area contributed by atoms with E-state index in [1.807, 2.05) is 12.2 Å². The monoisotopic (exact) mass is 329 g/mol. The van der Waals surface area contributed by atoms with Crippen molar-refractivity contribution in [1.29, 1.82) is 0 Å². The maximum atomic E-state index is 15.0. The highest BCUT2D eigenvalue weighted by Crippen LogP contribution is 2.40. The van der Waals surface area contributed by atoms with Crippen LogP contribution in [0.3, 0.4) is 0 Å². The molecule has 0 aliphatic heterocycles. The third-order valence-corrected chi connectivity index (χ3v) is 5.29. The van der Waals surface area contributed by atoms with E-state index in [2.05, 4.69) is 13.7 Å². The molecular formula is C20H19F2O2-. The fourth-order valence-electron chi connectivity index (χ4n) is 3.83. The quantitative estimate of drug-likeness (QED) is 0.598. The van der Waals surface area contributed by atoms with E-state index < -0.39 is 5.83 Å². The van der Waals surface area contributed by atoms with Gasteiger partial charge in [0.15, 0.2) is 5.83 Å². The number of hydrogen-bond donors (Lipinski definition) is 0. The van der Waals surface area contributed by atoms with E-state index in [-0.39, 0.29) is 28.7 Å². The molecule has 0 radical (unpaired) electrons. The van der Waals surface area contributed by atoms with Gasteiger partial charge in [0, 0.05) is 5.42 Å². The third-order valence-electron chi connectivity index (χ3n) is 5.29. The van der Waals surface area contributed by atoms with Crippen molar-refractivity contribution in [3.63, 3.8) is 0 Å². The zero-order chi connectivity index (χ0) is 16.8. The summed E-state index contributed by atoms with van der Waals surface area (Å²) in [5, 5.41) is 0. The predicted molar refractivity (Wildman–Crippen MR) is 89.8 cm³/mol. The van der Waals surface area contributed by atoms with Crippen molar-refractivity contribution in [3.05, 3.63) is 46.1 Å². The van der Waals surface area contributed by atoms with E-state index in [4.69, 9.17) is 8.84 Å². The van der Waals surface area contributed by atoms with Gasteiger partial charge < -0.3 is 8.84 Å². The van der Waals surface area contributed by atoms with Gasteiger partial charge in [-0.1, -0.05) is 49.7 Å². The van der Waals surface area contributed by atoms with Gasteiger partial charge in [-0.2, -0.15) is 12.2 Å². The molecule has 1 aromatic heterocycles. The highest BCUT2D eigenvalue weighted by molar-refractivity contribution is 5.79. The first-order chi connectivity index (χ1) is 11.6. The Bertz CT molecular complexity index is 851. The fourth-order valence-corrected chi connectivity index (χ4v) is 3.83. The molecule has 0 aromatic carbocycles. The summed E-state index contributed by atoms with van der Waals surface area (Å²) in [7, 11) is 0. The van der Waals surface area contributed by atoms with E-state index in [0.717, 1.165) is 25.7 Å². The molecule has 0 bridgehead atoms. The Hall–Kier alpha value is -2.23. The summed E-state index contributed by atoms with van der Waals surface area (Å²) in [4.78, 5) is 0. The predicted octanol–water partition coefficient (Wildman–Crippen LogP) is 3.79. The maximum Gasteiger partial charge on any atom is 0.297 e. The van der Waals surface area contributed by atoms with Crippen LogP contribution in [0.25, 0.3) is 23.8 Å². The number of furan rings is 1. The molecule has 0 atom stereocenters. The number of rotatable bonds is 2. The lowest BCUT2D eigenvalue weighted by Gasteiger charge is -2.36. The Morgan fingerprint density at radius 2 is 1.67 bits per heavy atom. The number of fused-ring (bicyclic) bond motifs is 3. The SMILES string of the molecule is C=[O+][C-]1C=Cc2c3c(oc2=C1F)=C(F)[C-](C1CCC(C)CC1)C=C3. The van der Waals surface area contributed by atoms with Gasteiger partial charge in [-0.25, -0.2) is 8.78 Å². The first-order valence-electron chi connectivity index (χ1n) is 8.35. The number of halogens is 2. The minimum absolute atomic E-state index is 0.0107. The first-order valence-corrected chi connectivity index (χ1v) is 8.35. The standard InChI is InChI=1S/C20H19F2O2/c1-11-3-5-12(6-4-11)13-7-8-14-15-9-10-16(23-2)18(22)20(15)24-19(14)17(13)21/h7-12H,2-6H2,1H3/q-1. The number of allylic oxidation sites excluding steroid dienone is 1. The third kappa shape index (κ3) is 2.24. The molecule has 4 heteroatoms. The van der Waals surface area contributed by atoms with Gasteiger partial charge in [0.25, 0.3) is 6.10 Å². The molecular weight excluding hydrogens is 310 g/mol. The summed E-state index contributed by atoms with van der Waals surface area (Å²) in [6, 6.07) is 0. The van der Waals surface area contributed by atoms with Crippen molar-refractivity contribution in [3.8, 4) is 0 Å². The molecule has 1 heterocycles. The van der Waals surface area contributed by atoms with Crippen molar-refractivity contribution >= 4 is 30.6 Å². The molecule has 0 saturated heterocycles. The molecule has 1 fully saturated rings. The molecule has 2 nitrogen and oxygen atoms in total. The van der Waals surface area contributed by atoms with Gasteiger partial charge in [-0.3, -0.25) is 0 Å². The topological polar surface area (TPSA) is 24.4 Å². The smallest absolute Gasteiger partial charge is 0.297 e. The minimum atomic E-state index is -0.647. The fraction of sp³-hybridized carbons (Fsp3) is 0.350. The lowest BCUT2D eigenvalue weighted by molar-refractivity contribution is -0.411. The van der Waals surface area contributed by atoms with Crippen LogP contribution >= 0.6 is 0 Å². The van der Waals surface area contributed by atoms with E-state index >= 15 is 4.39 Å². The van der Waals surface area contributed by atoms with Crippen LogP contribution in [0.5, 0.6) is 0 Å². The van der Waals surface area contributed by atoms with E-state index in [0.29, 0.717) is 23.0 Å². The Balaban J connectivity index is 1.80. The van der Waals surface area contributed by atoms with Crippen molar-refractivity contribution in [2.45, 2.75) is 32.6 Å².